The Morgan fingerprint density at radius 2 is 1.37 bits per heavy atom. The fourth-order valence-corrected chi connectivity index (χ4v) is 4.71. The molecule has 0 bridgehead atoms. The molecule has 0 aliphatic carbocycles. The standard InChI is InChI=1S/C23H26N6O/c1-30-21-9-8-17(28-14-2-6-18(28)22-24-10-4-11-25-22)16-20(21)29-15-3-7-19(29)23-26-12-5-13-27-23/h4-5,8-13,16,18-19H,2-3,6-7,14-15H2,1H3. The second-order valence-corrected chi connectivity index (χ2v) is 7.77. The third kappa shape index (κ3) is 3.44. The van der Waals surface area contributed by atoms with E-state index in [0.29, 0.717) is 0 Å². The van der Waals surface area contributed by atoms with Gasteiger partial charge in [0.1, 0.15) is 5.75 Å². The first-order valence-corrected chi connectivity index (χ1v) is 10.6. The van der Waals surface area contributed by atoms with E-state index < -0.39 is 0 Å². The minimum atomic E-state index is 0.169. The van der Waals surface area contributed by atoms with Crippen LogP contribution < -0.4 is 14.5 Å². The maximum atomic E-state index is 5.75. The summed E-state index contributed by atoms with van der Waals surface area (Å²) in [5, 5.41) is 0. The first-order chi connectivity index (χ1) is 14.8. The molecule has 2 saturated heterocycles. The predicted molar refractivity (Wildman–Crippen MR) is 116 cm³/mol. The van der Waals surface area contributed by atoms with E-state index in [0.717, 1.165) is 61.9 Å². The van der Waals surface area contributed by atoms with E-state index in [9.17, 15) is 0 Å². The van der Waals surface area contributed by atoms with Crippen molar-refractivity contribution in [3.05, 3.63) is 66.8 Å². The van der Waals surface area contributed by atoms with Crippen LogP contribution in [0.1, 0.15) is 49.4 Å². The third-order valence-corrected chi connectivity index (χ3v) is 6.08. The summed E-state index contributed by atoms with van der Waals surface area (Å²) in [6.45, 7) is 1.97. The maximum absolute atomic E-state index is 5.75. The van der Waals surface area contributed by atoms with E-state index in [1.807, 2.05) is 36.9 Å². The summed E-state index contributed by atoms with van der Waals surface area (Å²) in [5.74, 6) is 2.65. The van der Waals surface area contributed by atoms with Crippen LogP contribution in [0.5, 0.6) is 5.75 Å². The lowest BCUT2D eigenvalue weighted by Gasteiger charge is -2.30. The lowest BCUT2D eigenvalue weighted by Crippen LogP contribution is -2.26. The second kappa shape index (κ2) is 8.26. The highest BCUT2D eigenvalue weighted by atomic mass is 16.5. The number of rotatable bonds is 5. The van der Waals surface area contributed by atoms with Gasteiger partial charge in [-0.1, -0.05) is 0 Å². The topological polar surface area (TPSA) is 67.3 Å². The molecule has 0 saturated carbocycles. The molecular weight excluding hydrogens is 376 g/mol. The van der Waals surface area contributed by atoms with E-state index in [-0.39, 0.29) is 12.1 Å². The lowest BCUT2D eigenvalue weighted by atomic mass is 10.1. The fraction of sp³-hybridized carbons (Fsp3) is 0.391. The van der Waals surface area contributed by atoms with E-state index in [4.69, 9.17) is 4.74 Å². The minimum absolute atomic E-state index is 0.169. The smallest absolute Gasteiger partial charge is 0.150 e. The number of aromatic nitrogens is 4. The number of anilines is 2. The molecule has 3 aromatic rings. The number of benzene rings is 1. The molecule has 2 unspecified atom stereocenters. The summed E-state index contributed by atoms with van der Waals surface area (Å²) in [5.41, 5.74) is 2.28. The zero-order valence-electron chi connectivity index (χ0n) is 17.2. The van der Waals surface area contributed by atoms with Crippen LogP contribution in [0.3, 0.4) is 0 Å². The zero-order valence-corrected chi connectivity index (χ0v) is 17.2. The molecule has 2 atom stereocenters. The highest BCUT2D eigenvalue weighted by Gasteiger charge is 2.32. The molecule has 4 heterocycles. The molecule has 0 N–H and O–H groups in total. The molecule has 7 nitrogen and oxygen atoms in total. The van der Waals surface area contributed by atoms with Crippen LogP contribution in [0.25, 0.3) is 0 Å². The van der Waals surface area contributed by atoms with Gasteiger partial charge in [-0.3, -0.25) is 0 Å². The van der Waals surface area contributed by atoms with Crippen molar-refractivity contribution in [2.75, 3.05) is 30.0 Å². The van der Waals surface area contributed by atoms with Crippen molar-refractivity contribution in [1.29, 1.82) is 0 Å². The Morgan fingerprint density at radius 1 is 0.800 bits per heavy atom. The molecule has 0 radical (unpaired) electrons. The molecule has 7 heteroatoms. The van der Waals surface area contributed by atoms with Gasteiger partial charge in [0.2, 0.25) is 0 Å². The lowest BCUT2D eigenvalue weighted by molar-refractivity contribution is 0.413. The molecule has 2 aliphatic heterocycles. The van der Waals surface area contributed by atoms with Gasteiger partial charge in [-0.2, -0.15) is 0 Å². The van der Waals surface area contributed by atoms with Gasteiger partial charge >= 0.3 is 0 Å². The van der Waals surface area contributed by atoms with Gasteiger partial charge in [0, 0.05) is 43.6 Å². The van der Waals surface area contributed by atoms with Gasteiger partial charge in [0.15, 0.2) is 11.6 Å². The van der Waals surface area contributed by atoms with Gasteiger partial charge in [-0.25, -0.2) is 19.9 Å². The molecule has 2 aromatic heterocycles. The first-order valence-electron chi connectivity index (χ1n) is 10.6. The van der Waals surface area contributed by atoms with Gasteiger partial charge in [0.25, 0.3) is 0 Å². The third-order valence-electron chi connectivity index (χ3n) is 6.08. The summed E-state index contributed by atoms with van der Waals surface area (Å²) < 4.78 is 5.75. The first kappa shape index (κ1) is 18.8. The fourth-order valence-electron chi connectivity index (χ4n) is 4.71. The predicted octanol–water partition coefficient (Wildman–Crippen LogP) is 3.96. The Hall–Kier alpha value is -3.22. The Labute approximate surface area is 176 Å². The normalized spacial score (nSPS) is 21.2. The maximum Gasteiger partial charge on any atom is 0.150 e. The zero-order chi connectivity index (χ0) is 20.3. The van der Waals surface area contributed by atoms with Crippen LogP contribution in [-0.2, 0) is 0 Å². The van der Waals surface area contributed by atoms with Gasteiger partial charge in [-0.15, -0.1) is 0 Å². The molecule has 30 heavy (non-hydrogen) atoms. The molecule has 5 rings (SSSR count). The SMILES string of the molecule is COc1ccc(N2CCCC2c2ncccn2)cc1N1CCCC1c1ncccn1. The van der Waals surface area contributed by atoms with E-state index in [1.165, 1.54) is 5.69 Å². The van der Waals surface area contributed by atoms with Gasteiger partial charge in [-0.05, 0) is 56.0 Å². The quantitative estimate of drug-likeness (QED) is 0.640. The summed E-state index contributed by atoms with van der Waals surface area (Å²) in [6, 6.07) is 10.6. The highest BCUT2D eigenvalue weighted by molar-refractivity contribution is 5.68. The molecule has 1 aromatic carbocycles. The minimum Gasteiger partial charge on any atom is -0.495 e. The van der Waals surface area contributed by atoms with Crippen molar-refractivity contribution in [2.24, 2.45) is 0 Å². The van der Waals surface area contributed by atoms with Crippen molar-refractivity contribution in [1.82, 2.24) is 19.9 Å². The summed E-state index contributed by atoms with van der Waals surface area (Å²) >= 11 is 0. The molecule has 154 valence electrons. The van der Waals surface area contributed by atoms with Crippen molar-refractivity contribution >= 4 is 11.4 Å². The van der Waals surface area contributed by atoms with E-state index >= 15 is 0 Å². The molecule has 0 amide bonds. The Balaban J connectivity index is 1.50. The van der Waals surface area contributed by atoms with Crippen molar-refractivity contribution in [2.45, 2.75) is 37.8 Å². The van der Waals surface area contributed by atoms with Crippen LogP contribution >= 0.6 is 0 Å². The Morgan fingerprint density at radius 3 is 1.97 bits per heavy atom. The van der Waals surface area contributed by atoms with E-state index in [2.05, 4.69) is 47.9 Å². The van der Waals surface area contributed by atoms with Crippen LogP contribution in [0.4, 0.5) is 11.4 Å². The molecule has 0 spiro atoms. The number of methoxy groups -OCH3 is 1. The van der Waals surface area contributed by atoms with Gasteiger partial charge in [0.05, 0.1) is 24.9 Å². The average Bonchev–Trinajstić information content (AvgIpc) is 3.50. The molecule has 2 fully saturated rings. The molecular formula is C23H26N6O. The number of nitrogens with zero attached hydrogens (tertiary/aromatic N) is 6. The monoisotopic (exact) mass is 402 g/mol. The number of hydrogen-bond acceptors (Lipinski definition) is 7. The van der Waals surface area contributed by atoms with Crippen molar-refractivity contribution < 1.29 is 4.74 Å². The van der Waals surface area contributed by atoms with E-state index in [1.54, 1.807) is 7.11 Å². The van der Waals surface area contributed by atoms with Crippen LogP contribution in [0.2, 0.25) is 0 Å². The Kier molecular flexibility index (Phi) is 5.17. The Bertz CT molecular complexity index is 983. The summed E-state index contributed by atoms with van der Waals surface area (Å²) in [7, 11) is 1.74. The average molecular weight is 403 g/mol. The largest absolute Gasteiger partial charge is 0.495 e. The summed E-state index contributed by atoms with van der Waals surface area (Å²) in [4.78, 5) is 22.9. The summed E-state index contributed by atoms with van der Waals surface area (Å²) in [6.07, 6.45) is 11.6. The molecule has 2 aliphatic rings. The highest BCUT2D eigenvalue weighted by Crippen LogP contribution is 2.43. The second-order valence-electron chi connectivity index (χ2n) is 7.77. The van der Waals surface area contributed by atoms with Crippen molar-refractivity contribution in [3.8, 4) is 5.75 Å². The van der Waals surface area contributed by atoms with Crippen LogP contribution in [0, 0.1) is 0 Å². The number of ether oxygens (including phenoxy) is 1. The van der Waals surface area contributed by atoms with Crippen LogP contribution in [-0.4, -0.2) is 40.1 Å². The van der Waals surface area contributed by atoms with Crippen LogP contribution in [0.15, 0.2) is 55.1 Å². The number of hydrogen-bond donors (Lipinski definition) is 0. The van der Waals surface area contributed by atoms with Gasteiger partial charge < -0.3 is 14.5 Å². The van der Waals surface area contributed by atoms with Crippen molar-refractivity contribution in [3.63, 3.8) is 0 Å².